The van der Waals surface area contributed by atoms with E-state index in [9.17, 15) is 5.11 Å². The predicted octanol–water partition coefficient (Wildman–Crippen LogP) is 3.24. The van der Waals surface area contributed by atoms with E-state index < -0.39 is 0 Å². The van der Waals surface area contributed by atoms with Crippen LogP contribution >= 0.6 is 23.2 Å². The third-order valence-electron chi connectivity index (χ3n) is 2.88. The van der Waals surface area contributed by atoms with Crippen molar-refractivity contribution in [3.8, 4) is 5.75 Å². The second-order valence-electron chi connectivity index (χ2n) is 4.23. The van der Waals surface area contributed by atoms with Crippen molar-refractivity contribution in [2.75, 3.05) is 0 Å². The lowest BCUT2D eigenvalue weighted by atomic mass is 10.2. The van der Waals surface area contributed by atoms with Crippen LogP contribution in [0.5, 0.6) is 5.75 Å². The molecular formula is C13H15Cl2N3O2. The molecule has 20 heavy (non-hydrogen) atoms. The molecule has 1 atom stereocenters. The number of aryl methyl sites for hydroxylation is 1. The Labute approximate surface area is 127 Å². The van der Waals surface area contributed by atoms with Crippen LogP contribution in [0.4, 0.5) is 0 Å². The second kappa shape index (κ2) is 6.43. The Balaban J connectivity index is 2.27. The Morgan fingerprint density at radius 3 is 2.75 bits per heavy atom. The van der Waals surface area contributed by atoms with E-state index in [0.29, 0.717) is 28.0 Å². The Morgan fingerprint density at radius 1 is 1.40 bits per heavy atom. The molecule has 7 heteroatoms. The van der Waals surface area contributed by atoms with Crippen LogP contribution in [0, 0.1) is 0 Å². The first-order valence-electron chi connectivity index (χ1n) is 6.21. The van der Waals surface area contributed by atoms with Gasteiger partial charge in [-0.1, -0.05) is 28.4 Å². The maximum absolute atomic E-state index is 9.32. The number of ether oxygens (including phenoxy) is 1. The summed E-state index contributed by atoms with van der Waals surface area (Å²) in [5.41, 5.74) is 1.24. The van der Waals surface area contributed by atoms with E-state index in [1.807, 2.05) is 13.8 Å². The lowest BCUT2D eigenvalue weighted by Crippen LogP contribution is -2.13. The van der Waals surface area contributed by atoms with E-state index in [1.54, 1.807) is 22.9 Å². The quantitative estimate of drug-likeness (QED) is 0.920. The van der Waals surface area contributed by atoms with E-state index >= 15 is 0 Å². The van der Waals surface area contributed by atoms with Gasteiger partial charge in [-0.15, -0.1) is 5.10 Å². The van der Waals surface area contributed by atoms with E-state index in [2.05, 4.69) is 10.3 Å². The van der Waals surface area contributed by atoms with Crippen LogP contribution in [-0.4, -0.2) is 20.1 Å². The molecule has 0 saturated heterocycles. The van der Waals surface area contributed by atoms with Gasteiger partial charge in [0.25, 0.3) is 0 Å². The van der Waals surface area contributed by atoms with Crippen LogP contribution in [0.25, 0.3) is 0 Å². The summed E-state index contributed by atoms with van der Waals surface area (Å²) in [6, 6.07) is 5.03. The number of aliphatic hydroxyl groups excluding tert-OH is 1. The molecule has 0 aliphatic rings. The smallest absolute Gasteiger partial charge is 0.139 e. The van der Waals surface area contributed by atoms with Gasteiger partial charge in [-0.3, -0.25) is 0 Å². The zero-order valence-corrected chi connectivity index (χ0v) is 12.7. The van der Waals surface area contributed by atoms with E-state index in [1.165, 1.54) is 0 Å². The summed E-state index contributed by atoms with van der Waals surface area (Å²) in [5.74, 6) is 0.524. The number of hydrogen-bond acceptors (Lipinski definition) is 4. The predicted molar refractivity (Wildman–Crippen MR) is 77.1 cm³/mol. The maximum atomic E-state index is 9.32. The molecule has 0 radical (unpaired) electrons. The lowest BCUT2D eigenvalue weighted by Gasteiger charge is -2.17. The maximum Gasteiger partial charge on any atom is 0.139 e. The SMILES string of the molecule is CCn1nnc(CO)c1C(C)Oc1ccc(Cl)cc1Cl. The molecule has 0 spiro atoms. The highest BCUT2D eigenvalue weighted by Crippen LogP contribution is 2.31. The van der Waals surface area contributed by atoms with Gasteiger partial charge in [0.15, 0.2) is 0 Å². The van der Waals surface area contributed by atoms with Gasteiger partial charge in [0.05, 0.1) is 11.6 Å². The van der Waals surface area contributed by atoms with E-state index in [-0.39, 0.29) is 12.7 Å². The molecule has 5 nitrogen and oxygen atoms in total. The van der Waals surface area contributed by atoms with Crippen LogP contribution in [0.2, 0.25) is 10.0 Å². The number of nitrogens with zero attached hydrogens (tertiary/aromatic N) is 3. The van der Waals surface area contributed by atoms with Crippen molar-refractivity contribution in [2.45, 2.75) is 33.1 Å². The van der Waals surface area contributed by atoms with Crippen LogP contribution in [0.1, 0.15) is 31.3 Å². The molecule has 1 N–H and O–H groups in total. The first kappa shape index (κ1) is 15.1. The van der Waals surface area contributed by atoms with Crippen molar-refractivity contribution in [3.05, 3.63) is 39.6 Å². The Kier molecular flexibility index (Phi) is 4.86. The fraction of sp³-hybridized carbons (Fsp3) is 0.385. The molecule has 1 aromatic heterocycles. The zero-order chi connectivity index (χ0) is 14.7. The van der Waals surface area contributed by atoms with Gasteiger partial charge < -0.3 is 9.84 Å². The first-order valence-corrected chi connectivity index (χ1v) is 6.97. The van der Waals surface area contributed by atoms with Crippen LogP contribution in [0.15, 0.2) is 18.2 Å². The molecule has 108 valence electrons. The number of halogens is 2. The second-order valence-corrected chi connectivity index (χ2v) is 5.07. The number of aromatic nitrogens is 3. The standard InChI is InChI=1S/C13H15Cl2N3O2/c1-3-18-13(11(7-19)16-17-18)8(2)20-12-5-4-9(14)6-10(12)15/h4-6,8,19H,3,7H2,1-2H3. The van der Waals surface area contributed by atoms with Crippen molar-refractivity contribution in [1.82, 2.24) is 15.0 Å². The molecule has 0 bridgehead atoms. The Morgan fingerprint density at radius 2 is 2.15 bits per heavy atom. The highest BCUT2D eigenvalue weighted by atomic mass is 35.5. The van der Waals surface area contributed by atoms with Crippen molar-refractivity contribution in [1.29, 1.82) is 0 Å². The monoisotopic (exact) mass is 315 g/mol. The van der Waals surface area contributed by atoms with Gasteiger partial charge in [-0.2, -0.15) is 0 Å². The third-order valence-corrected chi connectivity index (χ3v) is 3.41. The zero-order valence-electron chi connectivity index (χ0n) is 11.2. The molecule has 1 aromatic carbocycles. The molecular weight excluding hydrogens is 301 g/mol. The summed E-state index contributed by atoms with van der Waals surface area (Å²) >= 11 is 11.9. The van der Waals surface area contributed by atoms with Crippen LogP contribution in [0.3, 0.4) is 0 Å². The summed E-state index contributed by atoms with van der Waals surface area (Å²) in [7, 11) is 0. The molecule has 2 rings (SSSR count). The number of benzene rings is 1. The molecule has 1 unspecified atom stereocenters. The van der Waals surface area contributed by atoms with Gasteiger partial charge in [0.1, 0.15) is 23.2 Å². The highest BCUT2D eigenvalue weighted by molar-refractivity contribution is 6.35. The fourth-order valence-electron chi connectivity index (χ4n) is 1.96. The summed E-state index contributed by atoms with van der Waals surface area (Å²) in [6.07, 6.45) is -0.342. The van der Waals surface area contributed by atoms with Crippen molar-refractivity contribution < 1.29 is 9.84 Å². The molecule has 0 fully saturated rings. The molecule has 0 aliphatic heterocycles. The third kappa shape index (κ3) is 3.06. The van der Waals surface area contributed by atoms with E-state index in [4.69, 9.17) is 27.9 Å². The number of rotatable bonds is 5. The molecule has 0 aliphatic carbocycles. The summed E-state index contributed by atoms with van der Waals surface area (Å²) in [6.45, 7) is 4.26. The summed E-state index contributed by atoms with van der Waals surface area (Å²) in [4.78, 5) is 0. The molecule has 2 aromatic rings. The summed E-state index contributed by atoms with van der Waals surface area (Å²) < 4.78 is 7.52. The number of hydrogen-bond donors (Lipinski definition) is 1. The van der Waals surface area contributed by atoms with Gasteiger partial charge in [-0.05, 0) is 32.0 Å². The average molecular weight is 316 g/mol. The van der Waals surface area contributed by atoms with Crippen molar-refractivity contribution in [3.63, 3.8) is 0 Å². The topological polar surface area (TPSA) is 60.2 Å². The van der Waals surface area contributed by atoms with E-state index in [0.717, 1.165) is 5.69 Å². The normalized spacial score (nSPS) is 12.4. The Hall–Kier alpha value is -1.30. The van der Waals surface area contributed by atoms with Gasteiger partial charge in [0.2, 0.25) is 0 Å². The van der Waals surface area contributed by atoms with Gasteiger partial charge in [0, 0.05) is 11.6 Å². The molecule has 0 saturated carbocycles. The minimum atomic E-state index is -0.342. The van der Waals surface area contributed by atoms with Crippen LogP contribution < -0.4 is 4.74 Å². The van der Waals surface area contributed by atoms with Gasteiger partial charge >= 0.3 is 0 Å². The first-order chi connectivity index (χ1) is 9.56. The highest BCUT2D eigenvalue weighted by Gasteiger charge is 2.20. The van der Waals surface area contributed by atoms with Crippen molar-refractivity contribution >= 4 is 23.2 Å². The molecule has 0 amide bonds. The van der Waals surface area contributed by atoms with Crippen LogP contribution in [-0.2, 0) is 13.2 Å². The summed E-state index contributed by atoms with van der Waals surface area (Å²) in [5, 5.41) is 18.2. The minimum Gasteiger partial charge on any atom is -0.483 e. The molecule has 1 heterocycles. The lowest BCUT2D eigenvalue weighted by molar-refractivity contribution is 0.207. The Bertz CT molecular complexity index is 580. The van der Waals surface area contributed by atoms with Gasteiger partial charge in [-0.25, -0.2) is 4.68 Å². The fourth-order valence-corrected chi connectivity index (χ4v) is 2.42. The largest absolute Gasteiger partial charge is 0.483 e. The van der Waals surface area contributed by atoms with Crippen molar-refractivity contribution in [2.24, 2.45) is 0 Å². The minimum absolute atomic E-state index is 0.183. The average Bonchev–Trinajstić information content (AvgIpc) is 2.84. The number of aliphatic hydroxyl groups is 1.